The third-order valence-electron chi connectivity index (χ3n) is 6.74. The first kappa shape index (κ1) is 26.3. The second-order valence-electron chi connectivity index (χ2n) is 8.93. The molecule has 3 aromatic rings. The van der Waals surface area contributed by atoms with E-state index in [2.05, 4.69) is 53.2 Å². The van der Waals surface area contributed by atoms with Gasteiger partial charge in [0.15, 0.2) is 11.5 Å². The normalized spacial score (nSPS) is 19.3. The summed E-state index contributed by atoms with van der Waals surface area (Å²) in [5, 5.41) is 18.4. The van der Waals surface area contributed by atoms with E-state index < -0.39 is 0 Å². The number of hydrogen-bond donors (Lipinski definition) is 1. The summed E-state index contributed by atoms with van der Waals surface area (Å²) in [6.45, 7) is 5.40. The predicted molar refractivity (Wildman–Crippen MR) is 142 cm³/mol. The third kappa shape index (κ3) is 5.07. The Bertz CT molecular complexity index is 1360. The molecule has 2 aliphatic heterocycles. The van der Waals surface area contributed by atoms with E-state index in [1.807, 2.05) is 36.4 Å². The van der Waals surface area contributed by atoms with Crippen molar-refractivity contribution in [2.24, 2.45) is 10.2 Å². The molecule has 0 saturated heterocycles. The minimum Gasteiger partial charge on any atom is -0.497 e. The number of anilines is 1. The summed E-state index contributed by atoms with van der Waals surface area (Å²) < 4.78 is 16.7. The van der Waals surface area contributed by atoms with Crippen LogP contribution < -0.4 is 19.1 Å². The molecule has 5 rings (SSSR count). The zero-order valence-electron chi connectivity index (χ0n) is 21.0. The first-order valence-electron chi connectivity index (χ1n) is 11.9. The SMILES string of the molecule is CCN1\C(=C/C=N/N=C(\O)c2ccccc2)C(C)(Cc2ccc3c(c2)OCO3)c2cc(OC)ccc21.[Co]. The van der Waals surface area contributed by atoms with Crippen LogP contribution in [0, 0.1) is 0 Å². The standard InChI is InChI=1S/C29H29N3O4.Co/c1-4-32-24-12-11-22(34-3)17-23(24)29(2,18-20-10-13-25-26(16-20)36-19-35-25)27(32)14-15-30-31-28(33)21-8-6-5-7-9-21;/h5-17H,4,18-19H2,1-3H3,(H,31,33);/b27-14-,30-15+;. The zero-order valence-corrected chi connectivity index (χ0v) is 22.0. The second-order valence-corrected chi connectivity index (χ2v) is 8.93. The monoisotopic (exact) mass is 542 g/mol. The minimum absolute atomic E-state index is 0. The van der Waals surface area contributed by atoms with Crippen LogP contribution in [0.25, 0.3) is 0 Å². The average molecular weight is 543 g/mol. The molecule has 7 nitrogen and oxygen atoms in total. The van der Waals surface area contributed by atoms with Crippen LogP contribution in [0.5, 0.6) is 17.2 Å². The molecule has 0 amide bonds. The Hall–Kier alpha value is -3.75. The first-order chi connectivity index (χ1) is 17.5. The Morgan fingerprint density at radius 2 is 1.86 bits per heavy atom. The van der Waals surface area contributed by atoms with Crippen LogP contribution in [0.4, 0.5) is 5.69 Å². The summed E-state index contributed by atoms with van der Waals surface area (Å²) >= 11 is 0. The number of benzene rings is 3. The smallest absolute Gasteiger partial charge is 0.238 e. The fourth-order valence-corrected chi connectivity index (χ4v) is 4.98. The maximum absolute atomic E-state index is 10.3. The van der Waals surface area contributed by atoms with Crippen molar-refractivity contribution >= 4 is 17.8 Å². The Balaban J connectivity index is 0.00000320. The van der Waals surface area contributed by atoms with Gasteiger partial charge in [0.25, 0.3) is 0 Å². The number of aliphatic hydroxyl groups excluding tert-OH is 1. The average Bonchev–Trinajstić information content (AvgIpc) is 3.46. The summed E-state index contributed by atoms with van der Waals surface area (Å²) in [5.74, 6) is 2.23. The van der Waals surface area contributed by atoms with E-state index in [-0.39, 0.29) is 34.9 Å². The molecule has 1 radical (unpaired) electrons. The molecule has 193 valence electrons. The molecular formula is C29H29CoN3O4. The van der Waals surface area contributed by atoms with Gasteiger partial charge in [-0.25, -0.2) is 0 Å². The Kier molecular flexibility index (Phi) is 7.90. The van der Waals surface area contributed by atoms with Crippen LogP contribution >= 0.6 is 0 Å². The summed E-state index contributed by atoms with van der Waals surface area (Å²) in [6.07, 6.45) is 4.35. The largest absolute Gasteiger partial charge is 0.497 e. The number of ether oxygens (including phenoxy) is 3. The molecule has 0 bridgehead atoms. The number of likely N-dealkylation sites (N-methyl/N-ethyl adjacent to an activating group) is 1. The first-order valence-corrected chi connectivity index (χ1v) is 11.9. The van der Waals surface area contributed by atoms with Gasteiger partial charge < -0.3 is 24.2 Å². The van der Waals surface area contributed by atoms with Crippen LogP contribution in [-0.2, 0) is 28.6 Å². The van der Waals surface area contributed by atoms with Crippen LogP contribution in [-0.4, -0.2) is 37.7 Å². The van der Waals surface area contributed by atoms with E-state index in [1.54, 1.807) is 25.5 Å². The summed E-state index contributed by atoms with van der Waals surface area (Å²) in [6, 6.07) is 21.5. The zero-order chi connectivity index (χ0) is 25.1. The minimum atomic E-state index is -0.370. The number of methoxy groups -OCH3 is 1. The quantitative estimate of drug-likeness (QED) is 0.238. The molecule has 37 heavy (non-hydrogen) atoms. The molecule has 3 aromatic carbocycles. The van der Waals surface area contributed by atoms with Gasteiger partial charge in [0, 0.05) is 45.7 Å². The fourth-order valence-electron chi connectivity index (χ4n) is 4.98. The van der Waals surface area contributed by atoms with Crippen molar-refractivity contribution in [2.45, 2.75) is 25.7 Å². The Morgan fingerprint density at radius 3 is 2.62 bits per heavy atom. The van der Waals surface area contributed by atoms with Gasteiger partial charge in [0.2, 0.25) is 12.7 Å². The van der Waals surface area contributed by atoms with Gasteiger partial charge in [-0.1, -0.05) is 24.3 Å². The fraction of sp³-hybridized carbons (Fsp3) is 0.241. The molecule has 1 unspecified atom stereocenters. The van der Waals surface area contributed by atoms with Crippen molar-refractivity contribution in [3.63, 3.8) is 0 Å². The maximum atomic E-state index is 10.3. The Labute approximate surface area is 227 Å². The van der Waals surface area contributed by atoms with Crippen LogP contribution in [0.15, 0.2) is 88.7 Å². The van der Waals surface area contributed by atoms with E-state index in [9.17, 15) is 5.11 Å². The Morgan fingerprint density at radius 1 is 1.08 bits per heavy atom. The molecule has 0 aromatic heterocycles. The van der Waals surface area contributed by atoms with Gasteiger partial charge in [-0.05, 0) is 79.9 Å². The molecule has 1 N–H and O–H groups in total. The van der Waals surface area contributed by atoms with Crippen molar-refractivity contribution in [2.75, 3.05) is 25.3 Å². The number of hydrogen-bond acceptors (Lipinski definition) is 6. The van der Waals surface area contributed by atoms with Gasteiger partial charge in [0.1, 0.15) is 5.75 Å². The topological polar surface area (TPSA) is 75.9 Å². The van der Waals surface area contributed by atoms with Crippen LogP contribution in [0.2, 0.25) is 0 Å². The van der Waals surface area contributed by atoms with Crippen LogP contribution in [0.1, 0.15) is 30.5 Å². The molecular weight excluding hydrogens is 513 g/mol. The van der Waals surface area contributed by atoms with Crippen molar-refractivity contribution in [3.05, 3.63) is 95.2 Å². The van der Waals surface area contributed by atoms with E-state index in [4.69, 9.17) is 14.2 Å². The van der Waals surface area contributed by atoms with E-state index in [0.717, 1.165) is 47.2 Å². The molecule has 1 atom stereocenters. The number of nitrogens with zero attached hydrogens (tertiary/aromatic N) is 3. The van der Waals surface area contributed by atoms with Gasteiger partial charge in [-0.3, -0.25) is 0 Å². The number of aliphatic hydroxyl groups is 1. The van der Waals surface area contributed by atoms with Gasteiger partial charge in [-0.15, -0.1) is 5.10 Å². The summed E-state index contributed by atoms with van der Waals surface area (Å²) in [4.78, 5) is 2.29. The third-order valence-corrected chi connectivity index (χ3v) is 6.74. The van der Waals surface area contributed by atoms with Crippen molar-refractivity contribution < 1.29 is 36.1 Å². The number of allylic oxidation sites excluding steroid dienone is 2. The predicted octanol–water partition coefficient (Wildman–Crippen LogP) is 5.64. The molecule has 2 heterocycles. The molecule has 2 aliphatic rings. The molecule has 0 saturated carbocycles. The number of rotatable bonds is 7. The molecule has 0 aliphatic carbocycles. The van der Waals surface area contributed by atoms with E-state index in [0.29, 0.717) is 5.56 Å². The van der Waals surface area contributed by atoms with E-state index >= 15 is 0 Å². The number of fused-ring (bicyclic) bond motifs is 2. The summed E-state index contributed by atoms with van der Waals surface area (Å²) in [7, 11) is 1.68. The van der Waals surface area contributed by atoms with E-state index in [1.165, 1.54) is 5.56 Å². The summed E-state index contributed by atoms with van der Waals surface area (Å²) in [5.41, 5.74) is 4.78. The van der Waals surface area contributed by atoms with Crippen molar-refractivity contribution in [1.82, 2.24) is 0 Å². The van der Waals surface area contributed by atoms with Gasteiger partial charge in [-0.2, -0.15) is 5.10 Å². The molecule has 0 spiro atoms. The van der Waals surface area contributed by atoms with Gasteiger partial charge >= 0.3 is 0 Å². The molecule has 8 heteroatoms. The van der Waals surface area contributed by atoms with Crippen LogP contribution in [0.3, 0.4) is 0 Å². The second kappa shape index (κ2) is 11.1. The van der Waals surface area contributed by atoms with Gasteiger partial charge in [0.05, 0.1) is 13.3 Å². The van der Waals surface area contributed by atoms with Crippen molar-refractivity contribution in [1.29, 1.82) is 0 Å². The van der Waals surface area contributed by atoms with Crippen molar-refractivity contribution in [3.8, 4) is 17.2 Å². The maximum Gasteiger partial charge on any atom is 0.238 e. The molecule has 0 fully saturated rings.